The van der Waals surface area contributed by atoms with Gasteiger partial charge in [-0.05, 0) is 31.9 Å². The SMILES string of the molecule is CCC(CCCOCC(F)(F)F)(CNC)c1ccccc1. The molecule has 0 bridgehead atoms. The predicted octanol–water partition coefficient (Wildman–Crippen LogP) is 3.91. The van der Waals surface area contributed by atoms with Crippen LogP contribution in [-0.4, -0.2) is 33.0 Å². The fourth-order valence-electron chi connectivity index (χ4n) is 2.67. The van der Waals surface area contributed by atoms with Gasteiger partial charge in [-0.25, -0.2) is 0 Å². The van der Waals surface area contributed by atoms with Crippen LogP contribution in [0, 0.1) is 0 Å². The third-order valence-electron chi connectivity index (χ3n) is 3.79. The number of alkyl halides is 3. The van der Waals surface area contributed by atoms with Gasteiger partial charge in [0.25, 0.3) is 0 Å². The van der Waals surface area contributed by atoms with Crippen LogP contribution in [0.5, 0.6) is 0 Å². The van der Waals surface area contributed by atoms with Crippen molar-refractivity contribution in [2.75, 3.05) is 26.8 Å². The van der Waals surface area contributed by atoms with E-state index in [0.29, 0.717) is 6.42 Å². The van der Waals surface area contributed by atoms with E-state index in [4.69, 9.17) is 4.74 Å². The zero-order chi connectivity index (χ0) is 15.8. The Bertz CT molecular complexity index is 394. The van der Waals surface area contributed by atoms with Gasteiger partial charge >= 0.3 is 6.18 Å². The highest BCUT2D eigenvalue weighted by Crippen LogP contribution is 2.32. The molecule has 1 aromatic rings. The first kappa shape index (κ1) is 18.0. The van der Waals surface area contributed by atoms with Crippen molar-refractivity contribution in [3.05, 3.63) is 35.9 Å². The van der Waals surface area contributed by atoms with Gasteiger partial charge in [-0.2, -0.15) is 13.2 Å². The van der Waals surface area contributed by atoms with Gasteiger partial charge in [-0.3, -0.25) is 0 Å². The number of likely N-dealkylation sites (N-methyl/N-ethyl adjacent to an activating group) is 1. The lowest BCUT2D eigenvalue weighted by Gasteiger charge is -2.33. The number of ether oxygens (including phenoxy) is 1. The molecule has 21 heavy (non-hydrogen) atoms. The van der Waals surface area contributed by atoms with Crippen molar-refractivity contribution in [2.24, 2.45) is 0 Å². The summed E-state index contributed by atoms with van der Waals surface area (Å²) in [6.45, 7) is 1.88. The van der Waals surface area contributed by atoms with Gasteiger partial charge in [0, 0.05) is 18.6 Å². The van der Waals surface area contributed by atoms with Crippen LogP contribution in [0.3, 0.4) is 0 Å². The quantitative estimate of drug-likeness (QED) is 0.698. The molecule has 0 aliphatic carbocycles. The number of hydrogen-bond donors (Lipinski definition) is 1. The summed E-state index contributed by atoms with van der Waals surface area (Å²) in [5.74, 6) is 0. The minimum atomic E-state index is -4.24. The summed E-state index contributed by atoms with van der Waals surface area (Å²) in [6, 6.07) is 10.1. The second-order valence-corrected chi connectivity index (χ2v) is 5.30. The molecular formula is C16H24F3NO. The van der Waals surface area contributed by atoms with E-state index in [1.807, 2.05) is 25.2 Å². The lowest BCUT2D eigenvalue weighted by atomic mass is 9.74. The Balaban J connectivity index is 2.59. The highest BCUT2D eigenvalue weighted by atomic mass is 19.4. The number of halogens is 3. The normalized spacial score (nSPS) is 14.9. The zero-order valence-electron chi connectivity index (χ0n) is 12.7. The summed E-state index contributed by atoms with van der Waals surface area (Å²) in [7, 11) is 1.90. The summed E-state index contributed by atoms with van der Waals surface area (Å²) in [5, 5.41) is 3.20. The van der Waals surface area contributed by atoms with Crippen molar-refractivity contribution < 1.29 is 17.9 Å². The lowest BCUT2D eigenvalue weighted by Crippen LogP contribution is -2.36. The molecule has 5 heteroatoms. The van der Waals surface area contributed by atoms with E-state index in [-0.39, 0.29) is 12.0 Å². The van der Waals surface area contributed by atoms with Crippen molar-refractivity contribution in [3.8, 4) is 0 Å². The Morgan fingerprint density at radius 2 is 1.81 bits per heavy atom. The molecule has 1 aromatic carbocycles. The molecule has 1 unspecified atom stereocenters. The van der Waals surface area contributed by atoms with Crippen molar-refractivity contribution in [2.45, 2.75) is 37.8 Å². The number of benzene rings is 1. The molecule has 0 aliphatic rings. The molecule has 2 nitrogen and oxygen atoms in total. The molecule has 0 saturated carbocycles. The fraction of sp³-hybridized carbons (Fsp3) is 0.625. The van der Waals surface area contributed by atoms with Crippen molar-refractivity contribution in [3.63, 3.8) is 0 Å². The van der Waals surface area contributed by atoms with E-state index in [2.05, 4.69) is 24.4 Å². The smallest absolute Gasteiger partial charge is 0.372 e. The number of rotatable bonds is 9. The second-order valence-electron chi connectivity index (χ2n) is 5.30. The highest BCUT2D eigenvalue weighted by molar-refractivity contribution is 5.25. The van der Waals surface area contributed by atoms with Gasteiger partial charge in [0.05, 0.1) is 0 Å². The molecule has 1 rings (SSSR count). The standard InChI is InChI=1S/C16H24F3NO/c1-3-15(12-20-2,14-8-5-4-6-9-14)10-7-11-21-13-16(17,18)19/h4-6,8-9,20H,3,7,10-13H2,1-2H3. The zero-order valence-corrected chi connectivity index (χ0v) is 12.7. The number of hydrogen-bond acceptors (Lipinski definition) is 2. The molecule has 0 amide bonds. The Morgan fingerprint density at radius 3 is 2.33 bits per heavy atom. The van der Waals surface area contributed by atoms with Gasteiger partial charge in [0.2, 0.25) is 0 Å². The van der Waals surface area contributed by atoms with Crippen molar-refractivity contribution >= 4 is 0 Å². The molecule has 0 fully saturated rings. The van der Waals surface area contributed by atoms with Crippen molar-refractivity contribution in [1.82, 2.24) is 5.32 Å². The lowest BCUT2D eigenvalue weighted by molar-refractivity contribution is -0.174. The first-order chi connectivity index (χ1) is 9.93. The largest absolute Gasteiger partial charge is 0.411 e. The van der Waals surface area contributed by atoms with E-state index >= 15 is 0 Å². The van der Waals surface area contributed by atoms with E-state index in [0.717, 1.165) is 19.4 Å². The van der Waals surface area contributed by atoms with Gasteiger partial charge in [0.15, 0.2) is 0 Å². The Morgan fingerprint density at radius 1 is 1.14 bits per heavy atom. The Kier molecular flexibility index (Phi) is 7.18. The molecule has 1 N–H and O–H groups in total. The van der Waals surface area contributed by atoms with Gasteiger partial charge < -0.3 is 10.1 Å². The van der Waals surface area contributed by atoms with E-state index in [1.165, 1.54) is 5.56 Å². The van der Waals surface area contributed by atoms with Crippen LogP contribution < -0.4 is 5.32 Å². The molecule has 0 spiro atoms. The Labute approximate surface area is 124 Å². The molecule has 0 radical (unpaired) electrons. The predicted molar refractivity (Wildman–Crippen MR) is 78.4 cm³/mol. The molecular weight excluding hydrogens is 279 g/mol. The molecule has 1 atom stereocenters. The van der Waals surface area contributed by atoms with Crippen LogP contribution in [0.2, 0.25) is 0 Å². The molecule has 120 valence electrons. The van der Waals surface area contributed by atoms with Crippen molar-refractivity contribution in [1.29, 1.82) is 0 Å². The summed E-state index contributed by atoms with van der Waals surface area (Å²) in [5.41, 5.74) is 1.16. The number of nitrogens with one attached hydrogen (secondary N) is 1. The van der Waals surface area contributed by atoms with Crippen LogP contribution in [-0.2, 0) is 10.2 Å². The van der Waals surface area contributed by atoms with Gasteiger partial charge in [-0.1, -0.05) is 37.3 Å². The minimum absolute atomic E-state index is 0.0579. The average molecular weight is 303 g/mol. The maximum atomic E-state index is 12.0. The highest BCUT2D eigenvalue weighted by Gasteiger charge is 2.30. The van der Waals surface area contributed by atoms with E-state index in [1.54, 1.807) is 0 Å². The third kappa shape index (κ3) is 6.06. The van der Waals surface area contributed by atoms with E-state index < -0.39 is 12.8 Å². The molecule has 0 aliphatic heterocycles. The first-order valence-electron chi connectivity index (χ1n) is 7.28. The van der Waals surface area contributed by atoms with E-state index in [9.17, 15) is 13.2 Å². The first-order valence-corrected chi connectivity index (χ1v) is 7.28. The maximum absolute atomic E-state index is 12.0. The summed E-state index contributed by atoms with van der Waals surface area (Å²) >= 11 is 0. The molecule has 0 aromatic heterocycles. The minimum Gasteiger partial charge on any atom is -0.372 e. The Hall–Kier alpha value is -1.07. The summed E-state index contributed by atoms with van der Waals surface area (Å²) in [4.78, 5) is 0. The topological polar surface area (TPSA) is 21.3 Å². The third-order valence-corrected chi connectivity index (χ3v) is 3.79. The summed E-state index contributed by atoms with van der Waals surface area (Å²) in [6.07, 6.45) is -1.91. The molecule has 0 heterocycles. The fourth-order valence-corrected chi connectivity index (χ4v) is 2.67. The maximum Gasteiger partial charge on any atom is 0.411 e. The van der Waals surface area contributed by atoms with Crippen LogP contribution in [0.4, 0.5) is 13.2 Å². The van der Waals surface area contributed by atoms with Gasteiger partial charge in [0.1, 0.15) is 6.61 Å². The van der Waals surface area contributed by atoms with Crippen LogP contribution in [0.25, 0.3) is 0 Å². The van der Waals surface area contributed by atoms with Crippen LogP contribution in [0.15, 0.2) is 30.3 Å². The van der Waals surface area contributed by atoms with Crippen LogP contribution in [0.1, 0.15) is 31.7 Å². The van der Waals surface area contributed by atoms with Crippen LogP contribution >= 0.6 is 0 Å². The summed E-state index contributed by atoms with van der Waals surface area (Å²) < 4.78 is 40.8. The average Bonchev–Trinajstić information content (AvgIpc) is 2.45. The molecule has 0 saturated heterocycles. The second kappa shape index (κ2) is 8.39. The van der Waals surface area contributed by atoms with Gasteiger partial charge in [-0.15, -0.1) is 0 Å². The monoisotopic (exact) mass is 303 g/mol.